The second kappa shape index (κ2) is 5.20. The summed E-state index contributed by atoms with van der Waals surface area (Å²) in [5.41, 5.74) is 0.573. The van der Waals surface area contributed by atoms with E-state index in [2.05, 4.69) is 5.32 Å². The molecule has 106 valence electrons. The first kappa shape index (κ1) is 13.9. The van der Waals surface area contributed by atoms with Gasteiger partial charge in [0.1, 0.15) is 17.8 Å². The highest BCUT2D eigenvalue weighted by atomic mass is 16.5. The van der Waals surface area contributed by atoms with Crippen LogP contribution in [-0.2, 0) is 9.59 Å². The Labute approximate surface area is 115 Å². The Bertz CT molecular complexity index is 554. The number of rotatable bonds is 4. The van der Waals surface area contributed by atoms with E-state index in [-0.39, 0.29) is 0 Å². The molecule has 0 saturated carbocycles. The summed E-state index contributed by atoms with van der Waals surface area (Å²) in [5.74, 6) is -1.18. The van der Waals surface area contributed by atoms with E-state index in [9.17, 15) is 14.4 Å². The Morgan fingerprint density at radius 3 is 2.45 bits per heavy atom. The monoisotopic (exact) mass is 278 g/mol. The zero-order valence-electron chi connectivity index (χ0n) is 11.0. The highest BCUT2D eigenvalue weighted by Gasteiger charge is 2.43. The fraction of sp³-hybridized carbons (Fsp3) is 0.308. The lowest BCUT2D eigenvalue weighted by Crippen LogP contribution is -2.43. The molecule has 1 fully saturated rings. The Balaban J connectivity index is 2.24. The molecule has 2 unspecified atom stereocenters. The summed E-state index contributed by atoms with van der Waals surface area (Å²) >= 11 is 0. The Kier molecular flexibility index (Phi) is 3.60. The molecule has 0 aliphatic carbocycles. The molecule has 2 rings (SSSR count). The van der Waals surface area contributed by atoms with Crippen LogP contribution < -0.4 is 10.1 Å². The zero-order chi connectivity index (χ0) is 14.9. The maximum atomic E-state index is 12.2. The molecule has 0 aromatic heterocycles. The fourth-order valence-electron chi connectivity index (χ4n) is 1.99. The van der Waals surface area contributed by atoms with Gasteiger partial charge in [0, 0.05) is 0 Å². The van der Waals surface area contributed by atoms with Gasteiger partial charge in [0.15, 0.2) is 0 Å². The van der Waals surface area contributed by atoms with Crippen LogP contribution in [0.2, 0.25) is 0 Å². The van der Waals surface area contributed by atoms with E-state index in [1.54, 1.807) is 24.3 Å². The number of carboxylic acids is 1. The largest absolute Gasteiger partial charge is 0.497 e. The summed E-state index contributed by atoms with van der Waals surface area (Å²) < 4.78 is 5.01. The van der Waals surface area contributed by atoms with E-state index in [1.807, 2.05) is 0 Å². The fourth-order valence-corrected chi connectivity index (χ4v) is 1.99. The highest BCUT2D eigenvalue weighted by Crippen LogP contribution is 2.25. The van der Waals surface area contributed by atoms with Crippen molar-refractivity contribution >= 4 is 17.9 Å². The molecule has 1 heterocycles. The van der Waals surface area contributed by atoms with Crippen LogP contribution >= 0.6 is 0 Å². The SMILES string of the molecule is COc1ccc(C2NC(=O)N(C(C)C(=O)O)C2=O)cc1. The Hall–Kier alpha value is -2.57. The number of nitrogens with zero attached hydrogens (tertiary/aromatic N) is 1. The van der Waals surface area contributed by atoms with Gasteiger partial charge in [-0.25, -0.2) is 14.5 Å². The van der Waals surface area contributed by atoms with Gasteiger partial charge in [0.05, 0.1) is 7.11 Å². The van der Waals surface area contributed by atoms with Crippen LogP contribution in [0.4, 0.5) is 4.79 Å². The van der Waals surface area contributed by atoms with Gasteiger partial charge in [-0.15, -0.1) is 0 Å². The predicted octanol–water partition coefficient (Wildman–Crippen LogP) is 0.761. The molecule has 20 heavy (non-hydrogen) atoms. The number of hydrogen-bond acceptors (Lipinski definition) is 4. The Morgan fingerprint density at radius 1 is 1.35 bits per heavy atom. The molecule has 0 bridgehead atoms. The van der Waals surface area contributed by atoms with Crippen LogP contribution in [0.25, 0.3) is 0 Å². The average molecular weight is 278 g/mol. The molecule has 7 heteroatoms. The predicted molar refractivity (Wildman–Crippen MR) is 68.2 cm³/mol. The summed E-state index contributed by atoms with van der Waals surface area (Å²) in [7, 11) is 1.52. The smallest absolute Gasteiger partial charge is 0.326 e. The number of nitrogens with one attached hydrogen (secondary N) is 1. The van der Waals surface area contributed by atoms with Crippen molar-refractivity contribution in [2.45, 2.75) is 19.0 Å². The lowest BCUT2D eigenvalue weighted by Gasteiger charge is -2.17. The number of carbonyl (C=O) groups excluding carboxylic acids is 2. The van der Waals surface area contributed by atoms with Gasteiger partial charge in [0.25, 0.3) is 5.91 Å². The van der Waals surface area contributed by atoms with E-state index in [1.165, 1.54) is 14.0 Å². The summed E-state index contributed by atoms with van der Waals surface area (Å²) in [6.45, 7) is 1.29. The normalized spacial score (nSPS) is 19.7. The number of hydrogen-bond donors (Lipinski definition) is 2. The first-order valence-corrected chi connectivity index (χ1v) is 5.96. The van der Waals surface area contributed by atoms with Crippen molar-refractivity contribution in [1.29, 1.82) is 0 Å². The molecule has 1 aromatic rings. The quantitative estimate of drug-likeness (QED) is 0.793. The molecule has 0 radical (unpaired) electrons. The van der Waals surface area contributed by atoms with Gasteiger partial charge in [-0.05, 0) is 24.6 Å². The van der Waals surface area contributed by atoms with Crippen LogP contribution in [0.15, 0.2) is 24.3 Å². The zero-order valence-corrected chi connectivity index (χ0v) is 11.0. The number of ether oxygens (including phenoxy) is 1. The van der Waals surface area contributed by atoms with Crippen molar-refractivity contribution in [3.63, 3.8) is 0 Å². The molecule has 1 aromatic carbocycles. The standard InChI is InChI=1S/C13H14N2O5/c1-7(12(17)18)15-11(16)10(14-13(15)19)8-3-5-9(20-2)6-4-8/h3-7,10H,1-2H3,(H,14,19)(H,17,18). The minimum atomic E-state index is -1.23. The van der Waals surface area contributed by atoms with E-state index >= 15 is 0 Å². The second-order valence-electron chi connectivity index (χ2n) is 4.38. The molecule has 1 saturated heterocycles. The number of imide groups is 1. The molecule has 2 atom stereocenters. The number of aliphatic carboxylic acids is 1. The minimum absolute atomic E-state index is 0.573. The number of carboxylic acid groups (broad SMARTS) is 1. The molecular formula is C13H14N2O5. The number of benzene rings is 1. The van der Waals surface area contributed by atoms with Gasteiger partial charge in [-0.2, -0.15) is 0 Å². The van der Waals surface area contributed by atoms with Crippen LogP contribution in [0.3, 0.4) is 0 Å². The summed E-state index contributed by atoms with van der Waals surface area (Å²) in [6, 6.07) is 3.86. The number of carbonyl (C=O) groups is 3. The first-order chi connectivity index (χ1) is 9.45. The van der Waals surface area contributed by atoms with Crippen molar-refractivity contribution in [1.82, 2.24) is 10.2 Å². The van der Waals surface area contributed by atoms with Gasteiger partial charge >= 0.3 is 12.0 Å². The molecular weight excluding hydrogens is 264 g/mol. The van der Waals surface area contributed by atoms with E-state index in [4.69, 9.17) is 9.84 Å². The second-order valence-corrected chi connectivity index (χ2v) is 4.38. The van der Waals surface area contributed by atoms with Crippen molar-refractivity contribution in [3.8, 4) is 5.75 Å². The van der Waals surface area contributed by atoms with Gasteiger partial charge < -0.3 is 15.2 Å². The Morgan fingerprint density at radius 2 is 1.95 bits per heavy atom. The number of amides is 3. The minimum Gasteiger partial charge on any atom is -0.497 e. The molecule has 7 nitrogen and oxygen atoms in total. The lowest BCUT2D eigenvalue weighted by molar-refractivity contribution is -0.146. The van der Waals surface area contributed by atoms with Crippen molar-refractivity contribution in [2.75, 3.05) is 7.11 Å². The molecule has 1 aliphatic heterocycles. The van der Waals surface area contributed by atoms with Crippen LogP contribution in [0.5, 0.6) is 5.75 Å². The third-order valence-corrected chi connectivity index (χ3v) is 3.16. The summed E-state index contributed by atoms with van der Waals surface area (Å²) in [5, 5.41) is 11.4. The molecule has 0 spiro atoms. The van der Waals surface area contributed by atoms with Gasteiger partial charge in [0.2, 0.25) is 0 Å². The lowest BCUT2D eigenvalue weighted by atomic mass is 10.1. The topological polar surface area (TPSA) is 95.9 Å². The number of methoxy groups -OCH3 is 1. The number of urea groups is 1. The third-order valence-electron chi connectivity index (χ3n) is 3.16. The van der Waals surface area contributed by atoms with Gasteiger partial charge in [-0.1, -0.05) is 12.1 Å². The summed E-state index contributed by atoms with van der Waals surface area (Å²) in [6.07, 6.45) is 0. The van der Waals surface area contributed by atoms with Crippen LogP contribution in [-0.4, -0.2) is 41.1 Å². The third kappa shape index (κ3) is 2.29. The average Bonchev–Trinajstić information content (AvgIpc) is 2.73. The molecule has 1 aliphatic rings. The van der Waals surface area contributed by atoms with Crippen molar-refractivity contribution in [2.24, 2.45) is 0 Å². The van der Waals surface area contributed by atoms with E-state index in [0.29, 0.717) is 11.3 Å². The maximum absolute atomic E-state index is 12.2. The van der Waals surface area contributed by atoms with Crippen molar-refractivity contribution < 1.29 is 24.2 Å². The highest BCUT2D eigenvalue weighted by molar-refractivity contribution is 6.07. The van der Waals surface area contributed by atoms with E-state index < -0.39 is 30.0 Å². The van der Waals surface area contributed by atoms with Crippen molar-refractivity contribution in [3.05, 3.63) is 29.8 Å². The summed E-state index contributed by atoms with van der Waals surface area (Å²) in [4.78, 5) is 35.5. The maximum Gasteiger partial charge on any atom is 0.326 e. The first-order valence-electron chi connectivity index (χ1n) is 5.96. The van der Waals surface area contributed by atoms with Crippen LogP contribution in [0.1, 0.15) is 18.5 Å². The van der Waals surface area contributed by atoms with Gasteiger partial charge in [-0.3, -0.25) is 4.79 Å². The molecule has 3 amide bonds. The molecule has 2 N–H and O–H groups in total. The van der Waals surface area contributed by atoms with E-state index in [0.717, 1.165) is 4.90 Å². The van der Waals surface area contributed by atoms with Crippen LogP contribution in [0, 0.1) is 0 Å².